The summed E-state index contributed by atoms with van der Waals surface area (Å²) in [6.07, 6.45) is 7.01. The Labute approximate surface area is 158 Å². The molecule has 1 aliphatic heterocycles. The van der Waals surface area contributed by atoms with E-state index >= 15 is 0 Å². The monoisotopic (exact) mass is 379 g/mol. The molecule has 0 aromatic carbocycles. The largest absolute Gasteiger partial charge is 0.476 e. The Morgan fingerprint density at radius 1 is 0.880 bits per heavy atom. The quantitative estimate of drug-likeness (QED) is 0.550. The molecule has 1 aromatic rings. The summed E-state index contributed by atoms with van der Waals surface area (Å²) in [4.78, 5) is 2.70. The van der Waals surface area contributed by atoms with Gasteiger partial charge < -0.3 is 9.32 Å². The van der Waals surface area contributed by atoms with Crippen LogP contribution >= 0.6 is 0 Å². The lowest BCUT2D eigenvalue weighted by Gasteiger charge is -2.26. The lowest BCUT2D eigenvalue weighted by atomic mass is 10.2. The van der Waals surface area contributed by atoms with E-state index in [1.165, 1.54) is 86.7 Å². The van der Waals surface area contributed by atoms with E-state index in [0.717, 1.165) is 0 Å². The second kappa shape index (κ2) is 9.56. The molecular weight excluding hydrogens is 338 g/mol. The minimum absolute atomic E-state index is 1.29. The first-order chi connectivity index (χ1) is 12.0. The van der Waals surface area contributed by atoms with Gasteiger partial charge in [-0.15, -0.1) is 0 Å². The van der Waals surface area contributed by atoms with Crippen molar-refractivity contribution in [3.63, 3.8) is 0 Å². The Kier molecular flexibility index (Phi) is 8.03. The zero-order chi connectivity index (χ0) is 18.3. The van der Waals surface area contributed by atoms with Crippen LogP contribution in [0.3, 0.4) is 0 Å². The number of hydrogen-bond acceptors (Lipinski definition) is 2. The van der Waals surface area contributed by atoms with Gasteiger partial charge in [0.15, 0.2) is 0 Å². The molecule has 0 unspecified atom stereocenters. The van der Waals surface area contributed by atoms with Gasteiger partial charge in [-0.2, -0.15) is 0 Å². The molecule has 2 rings (SSSR count). The van der Waals surface area contributed by atoms with Gasteiger partial charge >= 0.3 is 0 Å². The molecule has 0 atom stereocenters. The number of furan rings is 1. The van der Waals surface area contributed by atoms with Gasteiger partial charge in [-0.05, 0) is 57.1 Å². The number of nitrogens with zero attached hydrogens (tertiary/aromatic N) is 1. The van der Waals surface area contributed by atoms with Gasteiger partial charge in [-0.1, -0.05) is 64.8 Å². The normalized spacial score (nSPS) is 17.6. The summed E-state index contributed by atoms with van der Waals surface area (Å²) in [5.41, 5.74) is 0. The molecule has 1 fully saturated rings. The maximum absolute atomic E-state index is 6.56. The van der Waals surface area contributed by atoms with Crippen molar-refractivity contribution in [2.24, 2.45) is 0 Å². The average molecular weight is 380 g/mol. The van der Waals surface area contributed by atoms with E-state index in [0.29, 0.717) is 0 Å². The molecule has 1 aromatic heterocycles. The van der Waals surface area contributed by atoms with Crippen LogP contribution in [0.4, 0.5) is 0 Å². The molecule has 144 valence electrons. The molecule has 0 bridgehead atoms. The molecule has 0 N–H and O–H groups in total. The number of hydrogen-bond donors (Lipinski definition) is 0. The minimum Gasteiger partial charge on any atom is -0.476 e. The Morgan fingerprint density at radius 2 is 1.44 bits per heavy atom. The van der Waals surface area contributed by atoms with Gasteiger partial charge in [-0.3, -0.25) is 0 Å². The third kappa shape index (κ3) is 5.33. The summed E-state index contributed by atoms with van der Waals surface area (Å²) in [6, 6.07) is 9.98. The third-order valence-electron chi connectivity index (χ3n) is 6.80. The maximum Gasteiger partial charge on any atom is 0.131 e. The molecule has 0 amide bonds. The topological polar surface area (TPSA) is 16.4 Å². The fraction of sp³-hybridized carbons (Fsp3) is 0.810. The molecule has 0 spiro atoms. The Morgan fingerprint density at radius 3 is 2.00 bits per heavy atom. The van der Waals surface area contributed by atoms with E-state index in [2.05, 4.69) is 50.9 Å². The van der Waals surface area contributed by atoms with E-state index in [1.54, 1.807) is 0 Å². The summed E-state index contributed by atoms with van der Waals surface area (Å²) in [7, 11) is -2.81. The Balaban J connectivity index is 1.95. The molecule has 2 nitrogen and oxygen atoms in total. The van der Waals surface area contributed by atoms with E-state index < -0.39 is 16.1 Å². The Hall–Kier alpha value is -0.326. The molecule has 25 heavy (non-hydrogen) atoms. The summed E-state index contributed by atoms with van der Waals surface area (Å²) >= 11 is 0. The van der Waals surface area contributed by atoms with Gasteiger partial charge in [0.1, 0.15) is 16.1 Å². The highest BCUT2D eigenvalue weighted by molar-refractivity contribution is 6.92. The maximum atomic E-state index is 6.56. The van der Waals surface area contributed by atoms with Crippen LogP contribution in [-0.2, 0) is 0 Å². The first-order valence-electron chi connectivity index (χ1n) is 10.8. The summed E-state index contributed by atoms with van der Waals surface area (Å²) in [5, 5.41) is 2.73. The summed E-state index contributed by atoms with van der Waals surface area (Å²) in [6.45, 7) is 16.0. The van der Waals surface area contributed by atoms with Crippen LogP contribution in [-0.4, -0.2) is 40.7 Å². The molecule has 4 heteroatoms. The summed E-state index contributed by atoms with van der Waals surface area (Å²) < 4.78 is 6.56. The van der Waals surface area contributed by atoms with Crippen molar-refractivity contribution in [1.29, 1.82) is 0 Å². The zero-order valence-corrected chi connectivity index (χ0v) is 19.5. The van der Waals surface area contributed by atoms with Gasteiger partial charge in [-0.25, -0.2) is 0 Å². The van der Waals surface area contributed by atoms with Crippen molar-refractivity contribution in [1.82, 2.24) is 4.90 Å². The van der Waals surface area contributed by atoms with Crippen molar-refractivity contribution < 1.29 is 4.42 Å². The highest BCUT2D eigenvalue weighted by Crippen LogP contribution is 2.21. The third-order valence-corrected chi connectivity index (χ3v) is 15.4. The van der Waals surface area contributed by atoms with Crippen LogP contribution in [0.15, 0.2) is 16.5 Å². The van der Waals surface area contributed by atoms with Crippen molar-refractivity contribution in [2.75, 3.05) is 19.6 Å². The van der Waals surface area contributed by atoms with Crippen LogP contribution in [0, 0.1) is 0 Å². The average Bonchev–Trinajstić information content (AvgIpc) is 2.98. The van der Waals surface area contributed by atoms with Crippen molar-refractivity contribution in [3.05, 3.63) is 12.1 Å². The fourth-order valence-corrected chi connectivity index (χ4v) is 10.1. The first kappa shape index (κ1) is 21.0. The smallest absolute Gasteiger partial charge is 0.131 e. The first-order valence-corrected chi connectivity index (χ1v) is 16.6. The van der Waals surface area contributed by atoms with E-state index in [9.17, 15) is 0 Å². The lowest BCUT2D eigenvalue weighted by molar-refractivity contribution is 0.285. The Bertz CT molecular complexity index is 491. The SMILES string of the molecule is CC[Si](CC)(CC)c1ccc([Si](C)(C)CCCN2CCCCCC2)o1. The highest BCUT2D eigenvalue weighted by atomic mass is 28.3. The molecular formula is C21H41NOSi2. The second-order valence-electron chi connectivity index (χ2n) is 8.75. The molecule has 1 aliphatic rings. The van der Waals surface area contributed by atoms with Crippen LogP contribution in [0.2, 0.25) is 37.3 Å². The predicted octanol–water partition coefficient (Wildman–Crippen LogP) is 5.18. The molecule has 0 radical (unpaired) electrons. The highest BCUT2D eigenvalue weighted by Gasteiger charge is 2.35. The van der Waals surface area contributed by atoms with Gasteiger partial charge in [0.05, 0.1) is 10.8 Å². The molecule has 0 aliphatic carbocycles. The molecule has 1 saturated heterocycles. The second-order valence-corrected chi connectivity index (χ2v) is 18.7. The van der Waals surface area contributed by atoms with Crippen molar-refractivity contribution in [2.45, 2.75) is 90.1 Å². The van der Waals surface area contributed by atoms with Crippen molar-refractivity contribution >= 4 is 26.9 Å². The van der Waals surface area contributed by atoms with E-state index in [1.807, 2.05) is 0 Å². The van der Waals surface area contributed by atoms with E-state index in [-0.39, 0.29) is 0 Å². The fourth-order valence-electron chi connectivity index (χ4n) is 4.49. The lowest BCUT2D eigenvalue weighted by Crippen LogP contribution is -2.47. The van der Waals surface area contributed by atoms with Gasteiger partial charge in [0, 0.05) is 0 Å². The minimum atomic E-state index is -1.44. The van der Waals surface area contributed by atoms with Crippen LogP contribution < -0.4 is 10.8 Å². The zero-order valence-electron chi connectivity index (χ0n) is 17.5. The predicted molar refractivity (Wildman–Crippen MR) is 117 cm³/mol. The van der Waals surface area contributed by atoms with Gasteiger partial charge in [0.25, 0.3) is 0 Å². The van der Waals surface area contributed by atoms with Crippen LogP contribution in [0.5, 0.6) is 0 Å². The van der Waals surface area contributed by atoms with Crippen molar-refractivity contribution in [3.8, 4) is 0 Å². The van der Waals surface area contributed by atoms with Crippen LogP contribution in [0.25, 0.3) is 0 Å². The van der Waals surface area contributed by atoms with Crippen LogP contribution in [0.1, 0.15) is 52.9 Å². The van der Waals surface area contributed by atoms with E-state index in [4.69, 9.17) is 4.42 Å². The molecule has 2 heterocycles. The number of likely N-dealkylation sites (tertiary alicyclic amines) is 1. The number of rotatable bonds is 9. The van der Waals surface area contributed by atoms with Gasteiger partial charge in [0.2, 0.25) is 0 Å². The standard InChI is InChI=1S/C21H41NOSi2/c1-6-25(7-2,8-3)21-15-14-20(23-21)24(4,5)19-13-18-22-16-11-9-10-12-17-22/h14-15H,6-13,16-19H2,1-5H3. The molecule has 0 saturated carbocycles. The summed E-state index contributed by atoms with van der Waals surface area (Å²) in [5.74, 6) is 0.